The van der Waals surface area contributed by atoms with Crippen LogP contribution in [-0.4, -0.2) is 37.6 Å². The van der Waals surface area contributed by atoms with E-state index in [0.29, 0.717) is 16.3 Å². The van der Waals surface area contributed by atoms with Crippen LogP contribution in [0.4, 0.5) is 10.7 Å². The minimum Gasteiger partial charge on any atom is -0.492 e. The Balaban J connectivity index is 2.36. The van der Waals surface area contributed by atoms with Crippen LogP contribution < -0.4 is 21.1 Å². The molecule has 0 atom stereocenters. The van der Waals surface area contributed by atoms with E-state index < -0.39 is 5.91 Å². The summed E-state index contributed by atoms with van der Waals surface area (Å²) < 4.78 is 5.33. The van der Waals surface area contributed by atoms with Crippen LogP contribution in [-0.2, 0) is 0 Å². The van der Waals surface area contributed by atoms with Crippen LogP contribution in [0.5, 0.6) is 5.75 Å². The summed E-state index contributed by atoms with van der Waals surface area (Å²) in [5.41, 5.74) is 11.6. The quantitative estimate of drug-likeness (QED) is 0.877. The number of carbonyl (C=O) groups excluding carboxylic acids is 1. The number of anilines is 2. The number of amides is 1. The van der Waals surface area contributed by atoms with Gasteiger partial charge in [0.1, 0.15) is 15.6 Å². The highest BCUT2D eigenvalue weighted by molar-refractivity contribution is 7.99. The monoisotopic (exact) mass is 287 g/mol. The fourth-order valence-corrected chi connectivity index (χ4v) is 3.94. The summed E-state index contributed by atoms with van der Waals surface area (Å²) in [6.45, 7) is 1.90. The molecule has 0 radical (unpaired) electrons. The van der Waals surface area contributed by atoms with Gasteiger partial charge in [-0.2, -0.15) is 11.8 Å². The summed E-state index contributed by atoms with van der Waals surface area (Å²) in [5, 5.41) is 0.923. The number of nitrogens with zero attached hydrogens (tertiary/aromatic N) is 1. The SMILES string of the molecule is COc1c(N2CCCSCC2)sc(C(N)=O)c1N. The Labute approximate surface area is 114 Å². The highest BCUT2D eigenvalue weighted by atomic mass is 32.2. The Kier molecular flexibility index (Phi) is 4.23. The highest BCUT2D eigenvalue weighted by Crippen LogP contribution is 2.44. The molecule has 5 nitrogen and oxygen atoms in total. The number of nitrogens with two attached hydrogens (primary N) is 2. The van der Waals surface area contributed by atoms with Crippen LogP contribution in [0.1, 0.15) is 16.1 Å². The molecule has 100 valence electrons. The second kappa shape index (κ2) is 5.71. The van der Waals surface area contributed by atoms with Crippen molar-refractivity contribution in [2.75, 3.05) is 42.3 Å². The number of carbonyl (C=O) groups is 1. The van der Waals surface area contributed by atoms with Crippen LogP contribution in [0, 0.1) is 0 Å². The van der Waals surface area contributed by atoms with Crippen LogP contribution in [0.3, 0.4) is 0 Å². The lowest BCUT2D eigenvalue weighted by molar-refractivity contribution is 0.100. The third-order valence-electron chi connectivity index (χ3n) is 2.82. The maximum atomic E-state index is 11.3. The van der Waals surface area contributed by atoms with E-state index in [9.17, 15) is 4.79 Å². The molecular weight excluding hydrogens is 270 g/mol. The Morgan fingerprint density at radius 1 is 1.39 bits per heavy atom. The first-order chi connectivity index (χ1) is 8.65. The molecule has 0 bridgehead atoms. The average Bonchev–Trinajstić information content (AvgIpc) is 2.54. The van der Waals surface area contributed by atoms with Crippen molar-refractivity contribution in [1.82, 2.24) is 0 Å². The zero-order valence-corrected chi connectivity index (χ0v) is 11.9. The summed E-state index contributed by atoms with van der Waals surface area (Å²) >= 11 is 3.27. The van der Waals surface area contributed by atoms with Crippen molar-refractivity contribution >= 4 is 39.7 Å². The molecule has 0 saturated carbocycles. The van der Waals surface area contributed by atoms with Crippen molar-refractivity contribution in [3.63, 3.8) is 0 Å². The number of methoxy groups -OCH3 is 1. The van der Waals surface area contributed by atoms with E-state index in [-0.39, 0.29) is 0 Å². The minimum atomic E-state index is -0.494. The molecule has 18 heavy (non-hydrogen) atoms. The number of thioether (sulfide) groups is 1. The van der Waals surface area contributed by atoms with E-state index in [4.69, 9.17) is 16.2 Å². The number of thiophene rings is 1. The van der Waals surface area contributed by atoms with Gasteiger partial charge in [0.15, 0.2) is 5.75 Å². The van der Waals surface area contributed by atoms with Crippen molar-refractivity contribution in [2.45, 2.75) is 6.42 Å². The van der Waals surface area contributed by atoms with Crippen LogP contribution in [0.15, 0.2) is 0 Å². The van der Waals surface area contributed by atoms with Crippen LogP contribution >= 0.6 is 23.1 Å². The lowest BCUT2D eigenvalue weighted by Crippen LogP contribution is -2.24. The Hall–Kier alpha value is -1.08. The lowest BCUT2D eigenvalue weighted by atomic mass is 10.3. The van der Waals surface area contributed by atoms with Gasteiger partial charge in [-0.1, -0.05) is 0 Å². The first-order valence-electron chi connectivity index (χ1n) is 5.74. The molecule has 1 fully saturated rings. The molecule has 1 aromatic rings. The van der Waals surface area contributed by atoms with Crippen molar-refractivity contribution in [1.29, 1.82) is 0 Å². The van der Waals surface area contributed by atoms with E-state index in [0.717, 1.165) is 30.3 Å². The van der Waals surface area contributed by atoms with Gasteiger partial charge in [-0.15, -0.1) is 11.3 Å². The molecule has 0 aliphatic carbocycles. The molecule has 1 saturated heterocycles. The first-order valence-corrected chi connectivity index (χ1v) is 7.71. The lowest BCUT2D eigenvalue weighted by Gasteiger charge is -2.21. The average molecular weight is 287 g/mol. The van der Waals surface area contributed by atoms with Gasteiger partial charge in [-0.3, -0.25) is 4.79 Å². The molecule has 0 unspecified atom stereocenters. The maximum absolute atomic E-state index is 11.3. The number of hydrogen-bond acceptors (Lipinski definition) is 6. The molecular formula is C11H17N3O2S2. The van der Waals surface area contributed by atoms with E-state index in [1.807, 2.05) is 11.8 Å². The molecule has 1 amide bonds. The second-order valence-corrected chi connectivity index (χ2v) is 6.22. The summed E-state index contributed by atoms with van der Waals surface area (Å²) in [5.74, 6) is 2.34. The molecule has 1 aliphatic rings. The van der Waals surface area contributed by atoms with E-state index in [1.165, 1.54) is 17.1 Å². The van der Waals surface area contributed by atoms with Gasteiger partial charge >= 0.3 is 0 Å². The standard InChI is InChI=1S/C11H17N3O2S2/c1-16-8-7(12)9(10(13)15)18-11(8)14-3-2-5-17-6-4-14/h2-6,12H2,1H3,(H2,13,15). The number of hydrogen-bond donors (Lipinski definition) is 2. The highest BCUT2D eigenvalue weighted by Gasteiger charge is 2.24. The van der Waals surface area contributed by atoms with Crippen molar-refractivity contribution in [3.8, 4) is 5.75 Å². The van der Waals surface area contributed by atoms with Crippen molar-refractivity contribution < 1.29 is 9.53 Å². The van der Waals surface area contributed by atoms with Gasteiger partial charge in [0.25, 0.3) is 5.91 Å². The van der Waals surface area contributed by atoms with Gasteiger partial charge in [-0.05, 0) is 12.2 Å². The Bertz CT molecular complexity index is 440. The third kappa shape index (κ3) is 2.51. The maximum Gasteiger partial charge on any atom is 0.261 e. The van der Waals surface area contributed by atoms with Crippen molar-refractivity contribution in [2.24, 2.45) is 5.73 Å². The smallest absolute Gasteiger partial charge is 0.261 e. The topological polar surface area (TPSA) is 81.6 Å². The van der Waals surface area contributed by atoms with Gasteiger partial charge in [-0.25, -0.2) is 0 Å². The molecule has 0 aromatic carbocycles. The molecule has 7 heteroatoms. The molecule has 2 heterocycles. The fourth-order valence-electron chi connectivity index (χ4n) is 1.95. The zero-order valence-electron chi connectivity index (χ0n) is 10.3. The number of rotatable bonds is 3. The summed E-state index contributed by atoms with van der Waals surface area (Å²) in [6, 6.07) is 0. The summed E-state index contributed by atoms with van der Waals surface area (Å²) in [4.78, 5) is 13.9. The molecule has 0 spiro atoms. The van der Waals surface area contributed by atoms with Crippen LogP contribution in [0.2, 0.25) is 0 Å². The molecule has 4 N–H and O–H groups in total. The predicted molar refractivity (Wildman–Crippen MR) is 78.0 cm³/mol. The molecule has 1 aliphatic heterocycles. The van der Waals surface area contributed by atoms with Gasteiger partial charge < -0.3 is 21.1 Å². The minimum absolute atomic E-state index is 0.363. The first kappa shape index (κ1) is 13.4. The summed E-state index contributed by atoms with van der Waals surface area (Å²) in [6.07, 6.45) is 1.12. The van der Waals surface area contributed by atoms with E-state index in [1.54, 1.807) is 7.11 Å². The molecule has 2 rings (SSSR count). The predicted octanol–water partition coefficient (Wildman–Crippen LogP) is 1.38. The van der Waals surface area contributed by atoms with Crippen LogP contribution in [0.25, 0.3) is 0 Å². The van der Waals surface area contributed by atoms with Crippen molar-refractivity contribution in [3.05, 3.63) is 4.88 Å². The van der Waals surface area contributed by atoms with E-state index >= 15 is 0 Å². The second-order valence-electron chi connectivity index (χ2n) is 4.00. The Morgan fingerprint density at radius 2 is 2.17 bits per heavy atom. The number of primary amides is 1. The zero-order chi connectivity index (χ0) is 13.1. The number of ether oxygens (including phenoxy) is 1. The normalized spacial score (nSPS) is 16.4. The third-order valence-corrected chi connectivity index (χ3v) is 5.13. The number of nitrogen functional groups attached to an aromatic ring is 1. The Morgan fingerprint density at radius 3 is 2.83 bits per heavy atom. The summed E-state index contributed by atoms with van der Waals surface area (Å²) in [7, 11) is 1.57. The van der Waals surface area contributed by atoms with Gasteiger partial charge in [0.2, 0.25) is 0 Å². The van der Waals surface area contributed by atoms with E-state index in [2.05, 4.69) is 4.90 Å². The van der Waals surface area contributed by atoms with Gasteiger partial charge in [0, 0.05) is 18.8 Å². The van der Waals surface area contributed by atoms with Gasteiger partial charge in [0.05, 0.1) is 7.11 Å². The largest absolute Gasteiger partial charge is 0.492 e. The molecule has 1 aromatic heterocycles. The fraction of sp³-hybridized carbons (Fsp3) is 0.545.